The molecule has 2 atom stereocenters. The minimum absolute atomic E-state index is 0. The topological polar surface area (TPSA) is 61.4 Å². The lowest BCUT2D eigenvalue weighted by Gasteiger charge is -2.21. The molecule has 2 amide bonds. The summed E-state index contributed by atoms with van der Waals surface area (Å²) < 4.78 is 13.9. The monoisotopic (exact) mass is 431 g/mol. The van der Waals surface area contributed by atoms with Crippen LogP contribution in [-0.4, -0.2) is 42.9 Å². The van der Waals surface area contributed by atoms with Gasteiger partial charge in [-0.05, 0) is 74.5 Å². The number of benzene rings is 2. The average molecular weight is 432 g/mol. The third-order valence-corrected chi connectivity index (χ3v) is 6.16. The third kappa shape index (κ3) is 4.65. The summed E-state index contributed by atoms with van der Waals surface area (Å²) in [6, 6.07) is 11.2. The van der Waals surface area contributed by atoms with E-state index in [-0.39, 0.29) is 23.9 Å². The molecule has 30 heavy (non-hydrogen) atoms. The van der Waals surface area contributed by atoms with Gasteiger partial charge in [0.15, 0.2) is 0 Å². The van der Waals surface area contributed by atoms with E-state index in [9.17, 15) is 14.0 Å². The quantitative estimate of drug-likeness (QED) is 0.775. The molecular weight excluding hydrogens is 405 g/mol. The molecule has 0 unspecified atom stereocenters. The van der Waals surface area contributed by atoms with Crippen LogP contribution in [0.2, 0.25) is 0 Å². The molecule has 2 fully saturated rings. The van der Waals surface area contributed by atoms with Crippen molar-refractivity contribution in [1.29, 1.82) is 0 Å². The number of rotatable bonds is 3. The zero-order valence-electron chi connectivity index (χ0n) is 17.0. The van der Waals surface area contributed by atoms with Crippen molar-refractivity contribution in [3.8, 4) is 0 Å². The van der Waals surface area contributed by atoms with Gasteiger partial charge >= 0.3 is 0 Å². The van der Waals surface area contributed by atoms with Crippen LogP contribution < -0.4 is 10.6 Å². The van der Waals surface area contributed by atoms with Gasteiger partial charge in [0.2, 0.25) is 0 Å². The van der Waals surface area contributed by atoms with Crippen LogP contribution >= 0.6 is 12.4 Å². The summed E-state index contributed by atoms with van der Waals surface area (Å²) in [5.74, 6) is 0.201. The van der Waals surface area contributed by atoms with Crippen molar-refractivity contribution in [1.82, 2.24) is 10.2 Å². The number of nitrogens with zero attached hydrogens (tertiary/aromatic N) is 1. The van der Waals surface area contributed by atoms with Crippen molar-refractivity contribution in [3.63, 3.8) is 0 Å². The molecule has 2 aromatic carbocycles. The molecule has 7 heteroatoms. The van der Waals surface area contributed by atoms with Gasteiger partial charge in [0, 0.05) is 24.3 Å². The van der Waals surface area contributed by atoms with E-state index in [1.165, 1.54) is 12.1 Å². The second-order valence-electron chi connectivity index (χ2n) is 8.01. The Labute approximate surface area is 182 Å². The Balaban J connectivity index is 0.00000256. The number of anilines is 1. The van der Waals surface area contributed by atoms with Gasteiger partial charge < -0.3 is 15.5 Å². The molecule has 5 nitrogen and oxygen atoms in total. The number of nitrogens with one attached hydrogen (secondary N) is 2. The molecule has 2 saturated heterocycles. The standard InChI is InChI=1S/C23H26FN3O2.ClH/c1-15-6-7-16(12-21(15)26-22(28)19-4-2-3-5-20(19)24)23(29)27-10-8-17-13-25-14-18(17)9-11-27;/h2-7,12,17-18,25H,8-11,13-14H2,1H3,(H,26,28);1H/t17-,18+;. The van der Waals surface area contributed by atoms with Crippen LogP contribution in [0.3, 0.4) is 0 Å². The smallest absolute Gasteiger partial charge is 0.258 e. The van der Waals surface area contributed by atoms with E-state index >= 15 is 0 Å². The zero-order chi connectivity index (χ0) is 20.4. The molecule has 2 aliphatic heterocycles. The molecular formula is C23H27ClFN3O2. The Morgan fingerprint density at radius 3 is 2.40 bits per heavy atom. The van der Waals surface area contributed by atoms with E-state index in [0.717, 1.165) is 44.6 Å². The lowest BCUT2D eigenvalue weighted by Crippen LogP contribution is -2.32. The number of aryl methyl sites for hydroxylation is 1. The van der Waals surface area contributed by atoms with Gasteiger partial charge in [-0.15, -0.1) is 12.4 Å². The fourth-order valence-corrected chi connectivity index (χ4v) is 4.33. The van der Waals surface area contributed by atoms with Gasteiger partial charge in [-0.3, -0.25) is 9.59 Å². The molecule has 0 saturated carbocycles. The first-order chi connectivity index (χ1) is 14.0. The highest BCUT2D eigenvalue weighted by molar-refractivity contribution is 6.05. The highest BCUT2D eigenvalue weighted by Gasteiger charge is 2.31. The van der Waals surface area contributed by atoms with Gasteiger partial charge in [0.25, 0.3) is 11.8 Å². The van der Waals surface area contributed by atoms with E-state index in [2.05, 4.69) is 10.6 Å². The number of hydrogen-bond donors (Lipinski definition) is 2. The predicted octanol–water partition coefficient (Wildman–Crippen LogP) is 3.88. The molecule has 2 heterocycles. The van der Waals surface area contributed by atoms with Crippen molar-refractivity contribution in [3.05, 3.63) is 65.0 Å². The van der Waals surface area contributed by atoms with E-state index in [1.807, 2.05) is 17.9 Å². The SMILES string of the molecule is Cc1ccc(C(=O)N2CC[C@@H]3CNC[C@@H]3CC2)cc1NC(=O)c1ccccc1F.Cl. The van der Waals surface area contributed by atoms with Crippen molar-refractivity contribution in [2.45, 2.75) is 19.8 Å². The van der Waals surface area contributed by atoms with Crippen LogP contribution in [0.25, 0.3) is 0 Å². The maximum atomic E-state index is 13.9. The molecule has 2 aromatic rings. The Morgan fingerprint density at radius 1 is 1.07 bits per heavy atom. The molecule has 0 aliphatic carbocycles. The van der Waals surface area contributed by atoms with Crippen LogP contribution in [0, 0.1) is 24.6 Å². The first-order valence-corrected chi connectivity index (χ1v) is 10.2. The summed E-state index contributed by atoms with van der Waals surface area (Å²) >= 11 is 0. The van der Waals surface area contributed by atoms with Gasteiger partial charge in [0.1, 0.15) is 5.82 Å². The molecule has 4 rings (SSSR count). The Kier molecular flexibility index (Phi) is 7.10. The Bertz CT molecular complexity index is 922. The van der Waals surface area contributed by atoms with Gasteiger partial charge in [-0.1, -0.05) is 18.2 Å². The molecule has 0 bridgehead atoms. The number of hydrogen-bond acceptors (Lipinski definition) is 3. The number of likely N-dealkylation sites (tertiary alicyclic amines) is 1. The summed E-state index contributed by atoms with van der Waals surface area (Å²) in [6.45, 7) is 5.46. The van der Waals surface area contributed by atoms with Gasteiger partial charge in [-0.2, -0.15) is 0 Å². The number of carbonyl (C=O) groups excluding carboxylic acids is 2. The van der Waals surface area contributed by atoms with E-state index in [1.54, 1.807) is 24.3 Å². The summed E-state index contributed by atoms with van der Waals surface area (Å²) in [5, 5.41) is 6.20. The van der Waals surface area contributed by atoms with Crippen molar-refractivity contribution in [2.24, 2.45) is 11.8 Å². The maximum Gasteiger partial charge on any atom is 0.258 e. The zero-order valence-corrected chi connectivity index (χ0v) is 17.8. The Morgan fingerprint density at radius 2 is 1.73 bits per heavy atom. The predicted molar refractivity (Wildman–Crippen MR) is 118 cm³/mol. The fraction of sp³-hybridized carbons (Fsp3) is 0.391. The molecule has 0 aromatic heterocycles. The number of halogens is 2. The van der Waals surface area contributed by atoms with Crippen molar-refractivity contribution in [2.75, 3.05) is 31.5 Å². The number of amides is 2. The highest BCUT2D eigenvalue weighted by Crippen LogP contribution is 2.28. The van der Waals surface area contributed by atoms with Crippen molar-refractivity contribution >= 4 is 29.9 Å². The van der Waals surface area contributed by atoms with Crippen LogP contribution in [-0.2, 0) is 0 Å². The molecule has 2 aliphatic rings. The maximum absolute atomic E-state index is 13.9. The molecule has 160 valence electrons. The fourth-order valence-electron chi connectivity index (χ4n) is 4.33. The first kappa shape index (κ1) is 22.2. The van der Waals surface area contributed by atoms with Crippen LogP contribution in [0.4, 0.5) is 10.1 Å². The summed E-state index contributed by atoms with van der Waals surface area (Å²) in [4.78, 5) is 27.5. The minimum Gasteiger partial charge on any atom is -0.339 e. The molecule has 0 radical (unpaired) electrons. The van der Waals surface area contributed by atoms with Crippen LogP contribution in [0.5, 0.6) is 0 Å². The minimum atomic E-state index is -0.570. The van der Waals surface area contributed by atoms with Crippen molar-refractivity contribution < 1.29 is 14.0 Å². The lowest BCUT2D eigenvalue weighted by molar-refractivity contribution is 0.0758. The third-order valence-electron chi connectivity index (χ3n) is 6.16. The number of carbonyl (C=O) groups is 2. The summed E-state index contributed by atoms with van der Waals surface area (Å²) in [7, 11) is 0. The summed E-state index contributed by atoms with van der Waals surface area (Å²) in [6.07, 6.45) is 2.04. The van der Waals surface area contributed by atoms with Crippen LogP contribution in [0.15, 0.2) is 42.5 Å². The van der Waals surface area contributed by atoms with E-state index < -0.39 is 11.7 Å². The largest absolute Gasteiger partial charge is 0.339 e. The Hall–Kier alpha value is -2.44. The second-order valence-corrected chi connectivity index (χ2v) is 8.01. The highest BCUT2D eigenvalue weighted by atomic mass is 35.5. The van der Waals surface area contributed by atoms with E-state index in [4.69, 9.17) is 0 Å². The van der Waals surface area contributed by atoms with E-state index in [0.29, 0.717) is 23.1 Å². The molecule has 0 spiro atoms. The van der Waals surface area contributed by atoms with Gasteiger partial charge in [0.05, 0.1) is 5.56 Å². The molecule has 2 N–H and O–H groups in total. The first-order valence-electron chi connectivity index (χ1n) is 10.2. The normalized spacial score (nSPS) is 20.7. The van der Waals surface area contributed by atoms with Gasteiger partial charge in [-0.25, -0.2) is 4.39 Å². The summed E-state index contributed by atoms with van der Waals surface area (Å²) in [5.41, 5.74) is 1.88. The van der Waals surface area contributed by atoms with Crippen LogP contribution in [0.1, 0.15) is 39.1 Å². The second kappa shape index (κ2) is 9.58. The average Bonchev–Trinajstić information content (AvgIpc) is 3.07. The number of fused-ring (bicyclic) bond motifs is 1. The lowest BCUT2D eigenvalue weighted by atomic mass is 9.92.